The number of nitrogens with one attached hydrogen (secondary N) is 1. The van der Waals surface area contributed by atoms with E-state index in [9.17, 15) is 19.1 Å². The van der Waals surface area contributed by atoms with Gasteiger partial charge in [0.15, 0.2) is 5.75 Å². The first-order valence-electron chi connectivity index (χ1n) is 9.09. The Hall–Kier alpha value is -3.29. The van der Waals surface area contributed by atoms with E-state index in [-0.39, 0.29) is 44.3 Å². The summed E-state index contributed by atoms with van der Waals surface area (Å²) in [5.41, 5.74) is 5.84. The molecule has 0 saturated carbocycles. The summed E-state index contributed by atoms with van der Waals surface area (Å²) in [6.07, 6.45) is 0.296. The molecule has 9 heteroatoms. The molecule has 3 aromatic rings. The normalized spacial score (nSPS) is 10.6. The molecule has 6 nitrogen and oxygen atoms in total. The van der Waals surface area contributed by atoms with Crippen LogP contribution in [0.25, 0.3) is 11.1 Å². The largest absolute Gasteiger partial charge is 0.507 e. The molecule has 0 aromatic heterocycles. The average Bonchev–Trinajstić information content (AvgIpc) is 2.71. The molecule has 0 bridgehead atoms. The molecule has 31 heavy (non-hydrogen) atoms. The van der Waals surface area contributed by atoms with Gasteiger partial charge >= 0.3 is 0 Å². The number of phenolic OH excluding ortho intramolecular Hbond substituents is 1. The Kier molecular flexibility index (Phi) is 6.68. The zero-order chi connectivity index (χ0) is 22.7. The first-order chi connectivity index (χ1) is 14.7. The lowest BCUT2D eigenvalue weighted by Gasteiger charge is -2.14. The second-order valence-corrected chi connectivity index (χ2v) is 7.33. The molecule has 0 saturated heterocycles. The molecule has 160 valence electrons. The summed E-state index contributed by atoms with van der Waals surface area (Å²) in [4.78, 5) is 22.8. The number of ether oxygens (including phenoxy) is 1. The summed E-state index contributed by atoms with van der Waals surface area (Å²) < 4.78 is 19.9. The third-order valence-electron chi connectivity index (χ3n) is 4.34. The van der Waals surface area contributed by atoms with Gasteiger partial charge in [-0.2, -0.15) is 0 Å². The van der Waals surface area contributed by atoms with Crippen molar-refractivity contribution in [2.45, 2.75) is 13.3 Å². The van der Waals surface area contributed by atoms with Gasteiger partial charge in [0.1, 0.15) is 17.3 Å². The summed E-state index contributed by atoms with van der Waals surface area (Å²) in [6.45, 7) is 1.71. The SMILES string of the molecule is CCC(=O)Nc1cc(Cl)c(Oc2ccc(O)c(-c3ccc(C(N)=O)c(F)c3)c2)c(Cl)c1. The minimum Gasteiger partial charge on any atom is -0.507 e. The first-order valence-corrected chi connectivity index (χ1v) is 9.84. The highest BCUT2D eigenvalue weighted by molar-refractivity contribution is 6.37. The third kappa shape index (κ3) is 5.07. The van der Waals surface area contributed by atoms with Crippen LogP contribution in [0.5, 0.6) is 17.2 Å². The molecule has 0 aliphatic carbocycles. The van der Waals surface area contributed by atoms with Gasteiger partial charge in [0.25, 0.3) is 5.91 Å². The van der Waals surface area contributed by atoms with E-state index in [4.69, 9.17) is 33.7 Å². The van der Waals surface area contributed by atoms with E-state index in [0.717, 1.165) is 6.07 Å². The quantitative estimate of drug-likeness (QED) is 0.434. The number of benzene rings is 3. The van der Waals surface area contributed by atoms with Gasteiger partial charge in [0.05, 0.1) is 15.6 Å². The summed E-state index contributed by atoms with van der Waals surface area (Å²) >= 11 is 12.5. The maximum absolute atomic E-state index is 14.1. The zero-order valence-corrected chi connectivity index (χ0v) is 17.7. The average molecular weight is 463 g/mol. The maximum atomic E-state index is 14.1. The molecule has 4 N–H and O–H groups in total. The number of nitrogens with two attached hydrogens (primary N) is 1. The van der Waals surface area contributed by atoms with E-state index in [1.165, 1.54) is 42.5 Å². The number of hydrogen-bond acceptors (Lipinski definition) is 4. The highest BCUT2D eigenvalue weighted by Gasteiger charge is 2.15. The molecule has 0 fully saturated rings. The molecule has 0 unspecified atom stereocenters. The fourth-order valence-electron chi connectivity index (χ4n) is 2.79. The molecule has 0 spiro atoms. The number of carbonyl (C=O) groups is 2. The first kappa shape index (κ1) is 22.4. The van der Waals surface area contributed by atoms with Crippen LogP contribution in [0, 0.1) is 5.82 Å². The van der Waals surface area contributed by atoms with Gasteiger partial charge in [-0.05, 0) is 48.0 Å². The molecule has 3 rings (SSSR count). The number of anilines is 1. The Bertz CT molecular complexity index is 1160. The Morgan fingerprint density at radius 2 is 1.77 bits per heavy atom. The number of primary amides is 1. The van der Waals surface area contributed by atoms with Gasteiger partial charge in [-0.1, -0.05) is 36.2 Å². The van der Waals surface area contributed by atoms with Crippen molar-refractivity contribution in [1.29, 1.82) is 0 Å². The van der Waals surface area contributed by atoms with Gasteiger partial charge in [0.2, 0.25) is 5.91 Å². The summed E-state index contributed by atoms with van der Waals surface area (Å²) in [5.74, 6) is -1.63. The molecular weight excluding hydrogens is 446 g/mol. The lowest BCUT2D eigenvalue weighted by molar-refractivity contribution is -0.115. The predicted octanol–water partition coefficient (Wildman–Crippen LogP) is 5.74. The highest BCUT2D eigenvalue weighted by Crippen LogP contribution is 2.41. The van der Waals surface area contributed by atoms with Crippen LogP contribution < -0.4 is 15.8 Å². The van der Waals surface area contributed by atoms with Crippen molar-refractivity contribution in [3.05, 3.63) is 70.0 Å². The smallest absolute Gasteiger partial charge is 0.251 e. The molecule has 0 atom stereocenters. The van der Waals surface area contributed by atoms with E-state index in [2.05, 4.69) is 5.32 Å². The fraction of sp³-hybridized carbons (Fsp3) is 0.0909. The summed E-state index contributed by atoms with van der Waals surface area (Å²) in [7, 11) is 0. The van der Waals surface area contributed by atoms with E-state index in [1.54, 1.807) is 6.92 Å². The van der Waals surface area contributed by atoms with E-state index < -0.39 is 11.7 Å². The van der Waals surface area contributed by atoms with Crippen LogP contribution in [0.1, 0.15) is 23.7 Å². The topological polar surface area (TPSA) is 102 Å². The Morgan fingerprint density at radius 1 is 1.10 bits per heavy atom. The molecule has 3 aromatic carbocycles. The fourth-order valence-corrected chi connectivity index (χ4v) is 3.35. The van der Waals surface area contributed by atoms with Crippen molar-refractivity contribution in [2.75, 3.05) is 5.32 Å². The number of aromatic hydroxyl groups is 1. The number of phenols is 1. The minimum absolute atomic E-state index is 0.131. The molecular formula is C22H17Cl2FN2O4. The second-order valence-electron chi connectivity index (χ2n) is 6.51. The molecule has 0 aliphatic heterocycles. The van der Waals surface area contributed by atoms with Crippen LogP contribution in [0.15, 0.2) is 48.5 Å². The van der Waals surface area contributed by atoms with Crippen LogP contribution in [-0.4, -0.2) is 16.9 Å². The van der Waals surface area contributed by atoms with Crippen molar-refractivity contribution in [1.82, 2.24) is 0 Å². The van der Waals surface area contributed by atoms with E-state index >= 15 is 0 Å². The highest BCUT2D eigenvalue weighted by atomic mass is 35.5. The van der Waals surface area contributed by atoms with Gasteiger partial charge in [-0.3, -0.25) is 9.59 Å². The van der Waals surface area contributed by atoms with Gasteiger partial charge < -0.3 is 20.9 Å². The van der Waals surface area contributed by atoms with Crippen LogP contribution >= 0.6 is 23.2 Å². The number of hydrogen-bond donors (Lipinski definition) is 3. The monoisotopic (exact) mass is 462 g/mol. The van der Waals surface area contributed by atoms with Crippen molar-refractivity contribution < 1.29 is 23.8 Å². The van der Waals surface area contributed by atoms with E-state index in [1.807, 2.05) is 0 Å². The number of rotatable bonds is 6. The zero-order valence-electron chi connectivity index (χ0n) is 16.2. The summed E-state index contributed by atoms with van der Waals surface area (Å²) in [6, 6.07) is 11.1. The standard InChI is InChI=1S/C22H17Cl2FN2O4/c1-2-20(29)27-12-8-16(23)21(17(24)9-12)31-13-4-6-19(28)15(10-13)11-3-5-14(22(26)30)18(25)7-11/h3-10,28H,2H2,1H3,(H2,26,30)(H,27,29). The molecule has 0 heterocycles. The Morgan fingerprint density at radius 3 is 2.35 bits per heavy atom. The van der Waals surface area contributed by atoms with Crippen molar-refractivity contribution in [2.24, 2.45) is 5.73 Å². The Labute approximate surface area is 187 Å². The lowest BCUT2D eigenvalue weighted by atomic mass is 10.0. The summed E-state index contributed by atoms with van der Waals surface area (Å²) in [5, 5.41) is 13.2. The van der Waals surface area contributed by atoms with Gasteiger partial charge in [0, 0.05) is 17.7 Å². The van der Waals surface area contributed by atoms with Crippen molar-refractivity contribution >= 4 is 40.7 Å². The minimum atomic E-state index is -0.895. The van der Waals surface area contributed by atoms with Gasteiger partial charge in [-0.25, -0.2) is 4.39 Å². The van der Waals surface area contributed by atoms with Crippen LogP contribution in [-0.2, 0) is 4.79 Å². The number of carbonyl (C=O) groups excluding carboxylic acids is 2. The predicted molar refractivity (Wildman–Crippen MR) is 117 cm³/mol. The third-order valence-corrected chi connectivity index (χ3v) is 4.90. The van der Waals surface area contributed by atoms with Gasteiger partial charge in [-0.15, -0.1) is 0 Å². The maximum Gasteiger partial charge on any atom is 0.251 e. The molecule has 0 aliphatic rings. The second kappa shape index (κ2) is 9.24. The van der Waals surface area contributed by atoms with Crippen LogP contribution in [0.2, 0.25) is 10.0 Å². The Balaban J connectivity index is 1.93. The van der Waals surface area contributed by atoms with Crippen molar-refractivity contribution in [3.8, 4) is 28.4 Å². The number of halogens is 3. The lowest BCUT2D eigenvalue weighted by Crippen LogP contribution is -2.12. The molecule has 2 amide bonds. The van der Waals surface area contributed by atoms with E-state index in [0.29, 0.717) is 17.7 Å². The van der Waals surface area contributed by atoms with Crippen LogP contribution in [0.4, 0.5) is 10.1 Å². The molecule has 0 radical (unpaired) electrons. The number of amides is 2. The van der Waals surface area contributed by atoms with Crippen molar-refractivity contribution in [3.63, 3.8) is 0 Å². The van der Waals surface area contributed by atoms with Crippen LogP contribution in [0.3, 0.4) is 0 Å².